The summed E-state index contributed by atoms with van der Waals surface area (Å²) in [5, 5.41) is 3.85. The first-order chi connectivity index (χ1) is 5.79. The van der Waals surface area contributed by atoms with Gasteiger partial charge >= 0.3 is 5.97 Å². The number of carbonyl (C=O) groups is 1. The van der Waals surface area contributed by atoms with Crippen molar-refractivity contribution in [1.82, 2.24) is 0 Å². The molecular formula is C9H13NO2. The third-order valence-electron chi connectivity index (χ3n) is 2.81. The summed E-state index contributed by atoms with van der Waals surface area (Å²) in [5.41, 5.74) is 0.984. The molecule has 0 radical (unpaired) electrons. The molecule has 1 atom stereocenters. The number of carbonyl (C=O) groups excluding carboxylic acids is 1. The molecule has 0 aromatic carbocycles. The second-order valence-electron chi connectivity index (χ2n) is 3.63. The summed E-state index contributed by atoms with van der Waals surface area (Å²) in [6.45, 7) is 1.88. The van der Waals surface area contributed by atoms with Crippen LogP contribution in [-0.4, -0.2) is 11.7 Å². The van der Waals surface area contributed by atoms with Crippen molar-refractivity contribution in [3.63, 3.8) is 0 Å². The Morgan fingerprint density at radius 3 is 2.58 bits per heavy atom. The topological polar surface area (TPSA) is 38.7 Å². The highest BCUT2D eigenvalue weighted by Crippen LogP contribution is 2.31. The van der Waals surface area contributed by atoms with E-state index in [1.54, 1.807) is 0 Å². The largest absolute Gasteiger partial charge is 0.343 e. The van der Waals surface area contributed by atoms with Gasteiger partial charge in [-0.25, -0.2) is 4.79 Å². The highest BCUT2D eigenvalue weighted by atomic mass is 16.7. The minimum atomic E-state index is -0.183. The average molecular weight is 167 g/mol. The monoisotopic (exact) mass is 167 g/mol. The lowest BCUT2D eigenvalue weighted by Crippen LogP contribution is -2.20. The van der Waals surface area contributed by atoms with Crippen LogP contribution in [0.2, 0.25) is 0 Å². The first-order valence-electron chi connectivity index (χ1n) is 4.57. The van der Waals surface area contributed by atoms with Gasteiger partial charge in [-0.3, -0.25) is 0 Å². The molecule has 0 N–H and O–H groups in total. The van der Waals surface area contributed by atoms with Crippen LogP contribution in [0.1, 0.15) is 32.6 Å². The summed E-state index contributed by atoms with van der Waals surface area (Å²) < 4.78 is 0. The molecule has 2 rings (SSSR count). The Morgan fingerprint density at radius 1 is 1.42 bits per heavy atom. The van der Waals surface area contributed by atoms with E-state index in [2.05, 4.69) is 9.99 Å². The van der Waals surface area contributed by atoms with Gasteiger partial charge in [0.15, 0.2) is 0 Å². The molecule has 2 aliphatic rings. The standard InChI is InChI=1S/C9H13NO2/c1-6-8(10-12-9(6)11)7-4-2-3-5-7/h6-7H,2-5H2,1H3. The number of hydrogen-bond donors (Lipinski definition) is 0. The zero-order valence-corrected chi connectivity index (χ0v) is 7.25. The average Bonchev–Trinajstić information content (AvgIpc) is 2.64. The number of oxime groups is 1. The van der Waals surface area contributed by atoms with Gasteiger partial charge in [-0.1, -0.05) is 18.0 Å². The molecule has 1 saturated carbocycles. The van der Waals surface area contributed by atoms with Crippen molar-refractivity contribution < 1.29 is 9.63 Å². The summed E-state index contributed by atoms with van der Waals surface area (Å²) in [6.07, 6.45) is 4.90. The molecule has 0 spiro atoms. The highest BCUT2D eigenvalue weighted by Gasteiger charge is 2.34. The van der Waals surface area contributed by atoms with Crippen molar-refractivity contribution in [2.75, 3.05) is 0 Å². The zero-order valence-electron chi connectivity index (χ0n) is 7.25. The fraction of sp³-hybridized carbons (Fsp3) is 0.778. The van der Waals surface area contributed by atoms with Crippen LogP contribution >= 0.6 is 0 Å². The molecular weight excluding hydrogens is 154 g/mol. The molecule has 3 nitrogen and oxygen atoms in total. The van der Waals surface area contributed by atoms with Crippen molar-refractivity contribution in [1.29, 1.82) is 0 Å². The maximum Gasteiger partial charge on any atom is 0.343 e. The van der Waals surface area contributed by atoms with E-state index in [0.717, 1.165) is 5.71 Å². The Morgan fingerprint density at radius 2 is 2.08 bits per heavy atom. The second kappa shape index (κ2) is 2.88. The fourth-order valence-corrected chi connectivity index (χ4v) is 2.03. The molecule has 0 saturated heterocycles. The Kier molecular flexibility index (Phi) is 1.87. The predicted molar refractivity (Wildman–Crippen MR) is 44.6 cm³/mol. The minimum Gasteiger partial charge on any atom is -0.318 e. The van der Waals surface area contributed by atoms with Crippen LogP contribution < -0.4 is 0 Å². The lowest BCUT2D eigenvalue weighted by molar-refractivity contribution is -0.142. The molecule has 0 amide bonds. The summed E-state index contributed by atoms with van der Waals surface area (Å²) in [4.78, 5) is 15.6. The summed E-state index contributed by atoms with van der Waals surface area (Å²) >= 11 is 0. The van der Waals surface area contributed by atoms with Gasteiger partial charge in [0, 0.05) is 5.92 Å². The van der Waals surface area contributed by atoms with Gasteiger partial charge in [-0.2, -0.15) is 0 Å². The molecule has 1 aliphatic carbocycles. The zero-order chi connectivity index (χ0) is 8.55. The van der Waals surface area contributed by atoms with Crippen molar-refractivity contribution in [3.05, 3.63) is 0 Å². The molecule has 1 heterocycles. The van der Waals surface area contributed by atoms with Crippen molar-refractivity contribution in [2.45, 2.75) is 32.6 Å². The molecule has 1 fully saturated rings. The SMILES string of the molecule is CC1C(=O)ON=C1C1CCCC1. The van der Waals surface area contributed by atoms with Gasteiger partial charge in [-0.15, -0.1) is 0 Å². The molecule has 1 aliphatic heterocycles. The van der Waals surface area contributed by atoms with Gasteiger partial charge in [0.1, 0.15) is 0 Å². The maximum atomic E-state index is 11.0. The smallest absolute Gasteiger partial charge is 0.318 e. The van der Waals surface area contributed by atoms with E-state index in [1.807, 2.05) is 6.92 Å². The highest BCUT2D eigenvalue weighted by molar-refractivity contribution is 6.05. The van der Waals surface area contributed by atoms with Crippen LogP contribution in [0.25, 0.3) is 0 Å². The molecule has 12 heavy (non-hydrogen) atoms. The molecule has 0 aromatic heterocycles. The molecule has 0 bridgehead atoms. The van der Waals surface area contributed by atoms with Crippen LogP contribution in [0.4, 0.5) is 0 Å². The van der Waals surface area contributed by atoms with E-state index < -0.39 is 0 Å². The summed E-state index contributed by atoms with van der Waals surface area (Å²) in [5.74, 6) is 0.247. The van der Waals surface area contributed by atoms with Crippen LogP contribution in [0.15, 0.2) is 5.16 Å². The van der Waals surface area contributed by atoms with E-state index in [9.17, 15) is 4.79 Å². The van der Waals surface area contributed by atoms with E-state index in [1.165, 1.54) is 25.7 Å². The van der Waals surface area contributed by atoms with Crippen LogP contribution in [0, 0.1) is 11.8 Å². The van der Waals surface area contributed by atoms with E-state index in [4.69, 9.17) is 0 Å². The normalized spacial score (nSPS) is 30.6. The first-order valence-corrected chi connectivity index (χ1v) is 4.57. The molecule has 0 aromatic rings. The predicted octanol–water partition coefficient (Wildman–Crippen LogP) is 1.73. The number of rotatable bonds is 1. The Labute approximate surface area is 71.8 Å². The van der Waals surface area contributed by atoms with Gasteiger partial charge in [0.05, 0.1) is 11.6 Å². The lowest BCUT2D eigenvalue weighted by atomic mass is 9.92. The Bertz CT molecular complexity index is 229. The van der Waals surface area contributed by atoms with Crippen LogP contribution in [-0.2, 0) is 9.63 Å². The number of hydrogen-bond acceptors (Lipinski definition) is 3. The van der Waals surface area contributed by atoms with Crippen LogP contribution in [0.3, 0.4) is 0 Å². The van der Waals surface area contributed by atoms with E-state index in [-0.39, 0.29) is 11.9 Å². The summed E-state index contributed by atoms with van der Waals surface area (Å²) in [6, 6.07) is 0. The Hall–Kier alpha value is -0.860. The van der Waals surface area contributed by atoms with Gasteiger partial charge in [-0.05, 0) is 19.8 Å². The third kappa shape index (κ3) is 1.13. The minimum absolute atomic E-state index is 0.0897. The third-order valence-corrected chi connectivity index (χ3v) is 2.81. The van der Waals surface area contributed by atoms with Crippen molar-refractivity contribution >= 4 is 11.7 Å². The van der Waals surface area contributed by atoms with E-state index >= 15 is 0 Å². The van der Waals surface area contributed by atoms with Gasteiger partial charge in [0.25, 0.3) is 0 Å². The number of nitrogens with zero attached hydrogens (tertiary/aromatic N) is 1. The molecule has 1 unspecified atom stereocenters. The first kappa shape index (κ1) is 7.77. The molecule has 3 heteroatoms. The fourth-order valence-electron chi connectivity index (χ4n) is 2.03. The van der Waals surface area contributed by atoms with E-state index in [0.29, 0.717) is 5.92 Å². The Balaban J connectivity index is 2.08. The molecule has 66 valence electrons. The summed E-state index contributed by atoms with van der Waals surface area (Å²) in [7, 11) is 0. The van der Waals surface area contributed by atoms with Crippen molar-refractivity contribution in [2.24, 2.45) is 17.0 Å². The van der Waals surface area contributed by atoms with Gasteiger partial charge < -0.3 is 4.84 Å². The maximum absolute atomic E-state index is 11.0. The van der Waals surface area contributed by atoms with Crippen LogP contribution in [0.5, 0.6) is 0 Å². The van der Waals surface area contributed by atoms with Gasteiger partial charge in [0.2, 0.25) is 0 Å². The lowest BCUT2D eigenvalue weighted by Gasteiger charge is -2.08. The quantitative estimate of drug-likeness (QED) is 0.558. The van der Waals surface area contributed by atoms with Crippen molar-refractivity contribution in [3.8, 4) is 0 Å². The second-order valence-corrected chi connectivity index (χ2v) is 3.63.